The maximum absolute atomic E-state index is 6.67. The molecule has 0 atom stereocenters. The van der Waals surface area contributed by atoms with Gasteiger partial charge in [0.05, 0.1) is 45.0 Å². The Bertz CT molecular complexity index is 2810. The lowest BCUT2D eigenvalue weighted by atomic mass is 10.1. The van der Waals surface area contributed by atoms with Crippen molar-refractivity contribution < 1.29 is 0 Å². The molecule has 2 N–H and O–H groups in total. The van der Waals surface area contributed by atoms with Gasteiger partial charge in [0.1, 0.15) is 5.69 Å². The van der Waals surface area contributed by atoms with Gasteiger partial charge in [-0.25, -0.2) is 24.9 Å². The SMILES string of the molecule is C=C(/N=C(\C=C(/N)c1ccccc1)c1ccccc1)c1cc(-c2nc(-c3ccccc3)cc(-c3ccccc3)n2)nc(-n2c3ccccc3c3ncccc32)n1. The second kappa shape index (κ2) is 14.9. The Kier molecular flexibility index (Phi) is 9.03. The Morgan fingerprint density at radius 2 is 1.14 bits per heavy atom. The van der Waals surface area contributed by atoms with Crippen LogP contribution in [0.1, 0.15) is 16.8 Å². The molecule has 4 aromatic heterocycles. The lowest BCUT2D eigenvalue weighted by molar-refractivity contribution is 0.971. The van der Waals surface area contributed by atoms with E-state index in [9.17, 15) is 0 Å². The van der Waals surface area contributed by atoms with Crippen LogP contribution in [0.5, 0.6) is 0 Å². The number of fused-ring (bicyclic) bond motifs is 3. The summed E-state index contributed by atoms with van der Waals surface area (Å²) in [5.74, 6) is 0.839. The summed E-state index contributed by atoms with van der Waals surface area (Å²) in [5.41, 5.74) is 17.1. The van der Waals surface area contributed by atoms with Crippen molar-refractivity contribution in [1.82, 2.24) is 29.5 Å². The minimum Gasteiger partial charge on any atom is -0.398 e. The molecule has 266 valence electrons. The lowest BCUT2D eigenvalue weighted by Crippen LogP contribution is -2.08. The van der Waals surface area contributed by atoms with Gasteiger partial charge < -0.3 is 5.73 Å². The molecule has 4 heterocycles. The summed E-state index contributed by atoms with van der Waals surface area (Å²) in [7, 11) is 0. The van der Waals surface area contributed by atoms with Gasteiger partial charge in [-0.1, -0.05) is 146 Å². The molecule has 0 bridgehead atoms. The molecular formula is C48H34N8. The highest BCUT2D eigenvalue weighted by Crippen LogP contribution is 2.32. The highest BCUT2D eigenvalue weighted by Gasteiger charge is 2.20. The first kappa shape index (κ1) is 34.0. The molecular weight excluding hydrogens is 689 g/mol. The van der Waals surface area contributed by atoms with E-state index in [0.717, 1.165) is 55.6 Å². The quantitative estimate of drug-likeness (QED) is 0.149. The van der Waals surface area contributed by atoms with Crippen LogP contribution in [-0.4, -0.2) is 35.2 Å². The molecule has 0 saturated heterocycles. The first-order chi connectivity index (χ1) is 27.6. The molecule has 56 heavy (non-hydrogen) atoms. The van der Waals surface area contributed by atoms with Crippen LogP contribution in [0, 0.1) is 0 Å². The smallest absolute Gasteiger partial charge is 0.236 e. The monoisotopic (exact) mass is 722 g/mol. The Hall–Kier alpha value is -7.84. The molecule has 0 aliphatic carbocycles. The van der Waals surface area contributed by atoms with Crippen molar-refractivity contribution in [2.75, 3.05) is 0 Å². The van der Waals surface area contributed by atoms with Crippen molar-refractivity contribution in [2.24, 2.45) is 10.7 Å². The highest BCUT2D eigenvalue weighted by molar-refractivity contribution is 6.14. The standard InChI is InChI=1S/C48H34N8/c1-32(51-40(34-19-8-3-9-20-34)29-38(49)33-17-6-2-7-18-33)39-30-43(55-48(54-39)56-44-26-15-14-25-37(44)46-45(56)27-16-28-50-46)47-52-41(35-21-10-4-11-22-35)31-42(53-47)36-23-12-5-13-24-36/h2-31H,1,49H2/b38-29-,51-40+. The molecule has 9 aromatic rings. The predicted molar refractivity (Wildman–Crippen MR) is 227 cm³/mol. The molecule has 0 radical (unpaired) electrons. The van der Waals surface area contributed by atoms with E-state index in [4.69, 9.17) is 35.6 Å². The summed E-state index contributed by atoms with van der Waals surface area (Å²) in [6, 6.07) is 55.8. The van der Waals surface area contributed by atoms with Gasteiger partial charge in [0.25, 0.3) is 0 Å². The van der Waals surface area contributed by atoms with E-state index in [1.165, 1.54) is 0 Å². The van der Waals surface area contributed by atoms with Crippen molar-refractivity contribution in [1.29, 1.82) is 0 Å². The van der Waals surface area contributed by atoms with Crippen LogP contribution >= 0.6 is 0 Å². The van der Waals surface area contributed by atoms with E-state index >= 15 is 0 Å². The number of aliphatic imine (C=N–C) groups is 1. The zero-order chi connectivity index (χ0) is 37.8. The summed E-state index contributed by atoms with van der Waals surface area (Å²) in [6.45, 7) is 4.47. The fraction of sp³-hybridized carbons (Fsp3) is 0. The first-order valence-corrected chi connectivity index (χ1v) is 18.2. The van der Waals surface area contributed by atoms with Gasteiger partial charge in [-0.05, 0) is 42.0 Å². The van der Waals surface area contributed by atoms with Crippen LogP contribution in [0.3, 0.4) is 0 Å². The Morgan fingerprint density at radius 1 is 0.571 bits per heavy atom. The van der Waals surface area contributed by atoms with Gasteiger partial charge in [0, 0.05) is 34.0 Å². The van der Waals surface area contributed by atoms with E-state index in [1.807, 2.05) is 174 Å². The average molecular weight is 723 g/mol. The molecule has 5 aromatic carbocycles. The van der Waals surface area contributed by atoms with Crippen molar-refractivity contribution in [3.05, 3.63) is 206 Å². The second-order valence-electron chi connectivity index (χ2n) is 13.1. The van der Waals surface area contributed by atoms with E-state index in [-0.39, 0.29) is 0 Å². The van der Waals surface area contributed by atoms with Gasteiger partial charge >= 0.3 is 0 Å². The maximum atomic E-state index is 6.67. The Morgan fingerprint density at radius 3 is 1.80 bits per heavy atom. The molecule has 0 aliphatic rings. The number of rotatable bonds is 9. The fourth-order valence-corrected chi connectivity index (χ4v) is 6.72. The number of nitrogens with zero attached hydrogens (tertiary/aromatic N) is 7. The van der Waals surface area contributed by atoms with E-state index in [1.54, 1.807) is 6.20 Å². The van der Waals surface area contributed by atoms with E-state index in [2.05, 4.69) is 12.6 Å². The summed E-state index contributed by atoms with van der Waals surface area (Å²) in [4.78, 5) is 30.4. The summed E-state index contributed by atoms with van der Waals surface area (Å²) < 4.78 is 2.02. The summed E-state index contributed by atoms with van der Waals surface area (Å²) in [5, 5.41) is 0.983. The number of aromatic nitrogens is 6. The minimum atomic E-state index is 0.406. The van der Waals surface area contributed by atoms with Crippen LogP contribution in [-0.2, 0) is 0 Å². The molecule has 0 spiro atoms. The number of nitrogens with two attached hydrogens (primary N) is 1. The number of allylic oxidation sites excluding steroid dienone is 1. The molecule has 8 nitrogen and oxygen atoms in total. The third-order valence-corrected chi connectivity index (χ3v) is 9.46. The predicted octanol–water partition coefficient (Wildman–Crippen LogP) is 10.2. The summed E-state index contributed by atoms with van der Waals surface area (Å²) in [6.07, 6.45) is 3.67. The number of benzene rings is 5. The van der Waals surface area contributed by atoms with Gasteiger partial charge in [-0.3, -0.25) is 9.55 Å². The van der Waals surface area contributed by atoms with Crippen LogP contribution in [0.4, 0.5) is 0 Å². The van der Waals surface area contributed by atoms with Gasteiger partial charge in [-0.2, -0.15) is 0 Å². The average Bonchev–Trinajstić information content (AvgIpc) is 3.61. The third kappa shape index (κ3) is 6.74. The number of para-hydroxylation sites is 1. The molecule has 9 rings (SSSR count). The topological polar surface area (TPSA) is 108 Å². The number of pyridine rings is 1. The fourth-order valence-electron chi connectivity index (χ4n) is 6.72. The second-order valence-corrected chi connectivity index (χ2v) is 13.1. The Labute approximate surface area is 323 Å². The van der Waals surface area contributed by atoms with Crippen molar-refractivity contribution >= 4 is 39.0 Å². The van der Waals surface area contributed by atoms with Gasteiger partial charge in [0.15, 0.2) is 5.82 Å². The molecule has 0 saturated carbocycles. The maximum Gasteiger partial charge on any atom is 0.236 e. The van der Waals surface area contributed by atoms with Gasteiger partial charge in [0.2, 0.25) is 5.95 Å². The van der Waals surface area contributed by atoms with Crippen LogP contribution in [0.15, 0.2) is 194 Å². The van der Waals surface area contributed by atoms with Crippen LogP contribution < -0.4 is 5.73 Å². The molecule has 0 unspecified atom stereocenters. The molecule has 0 aliphatic heterocycles. The highest BCUT2D eigenvalue weighted by atomic mass is 15.2. The van der Waals surface area contributed by atoms with Crippen molar-refractivity contribution in [2.45, 2.75) is 0 Å². The zero-order valence-corrected chi connectivity index (χ0v) is 30.2. The summed E-state index contributed by atoms with van der Waals surface area (Å²) >= 11 is 0. The minimum absolute atomic E-state index is 0.406. The lowest BCUT2D eigenvalue weighted by Gasteiger charge is -2.13. The number of hydrogen-bond acceptors (Lipinski definition) is 7. The third-order valence-electron chi connectivity index (χ3n) is 9.46. The molecule has 0 amide bonds. The van der Waals surface area contributed by atoms with E-state index < -0.39 is 0 Å². The zero-order valence-electron chi connectivity index (χ0n) is 30.2. The van der Waals surface area contributed by atoms with Crippen LogP contribution in [0.25, 0.3) is 73.3 Å². The van der Waals surface area contributed by atoms with E-state index in [0.29, 0.717) is 40.3 Å². The normalized spacial score (nSPS) is 11.9. The molecule has 8 heteroatoms. The number of hydrogen-bond donors (Lipinski definition) is 1. The first-order valence-electron chi connectivity index (χ1n) is 18.2. The van der Waals surface area contributed by atoms with Gasteiger partial charge in [-0.15, -0.1) is 0 Å². The molecule has 0 fully saturated rings. The largest absolute Gasteiger partial charge is 0.398 e. The van der Waals surface area contributed by atoms with Crippen LogP contribution in [0.2, 0.25) is 0 Å². The Balaban J connectivity index is 1.28. The van der Waals surface area contributed by atoms with Crippen molar-refractivity contribution in [3.8, 4) is 40.0 Å². The van der Waals surface area contributed by atoms with Crippen molar-refractivity contribution in [3.63, 3.8) is 0 Å².